The summed E-state index contributed by atoms with van der Waals surface area (Å²) < 4.78 is 5.37. The highest BCUT2D eigenvalue weighted by Crippen LogP contribution is 2.36. The Morgan fingerprint density at radius 1 is 1.28 bits per heavy atom. The quantitative estimate of drug-likeness (QED) is 0.381. The SMILES string of the molecule is O=C(OCc1cc([N+](=O)[O-])ccc1SC1CCCCC1)c1cccs1. The summed E-state index contributed by atoms with van der Waals surface area (Å²) in [5, 5.41) is 13.4. The number of nitro groups is 1. The Morgan fingerprint density at radius 2 is 2.08 bits per heavy atom. The van der Waals surface area contributed by atoms with Crippen LogP contribution in [-0.4, -0.2) is 16.1 Å². The van der Waals surface area contributed by atoms with Crippen molar-refractivity contribution in [2.75, 3.05) is 0 Å². The lowest BCUT2D eigenvalue weighted by molar-refractivity contribution is -0.385. The minimum atomic E-state index is -0.417. The van der Waals surface area contributed by atoms with Crippen molar-refractivity contribution in [2.45, 2.75) is 48.9 Å². The van der Waals surface area contributed by atoms with E-state index in [9.17, 15) is 14.9 Å². The van der Waals surface area contributed by atoms with E-state index in [1.807, 2.05) is 5.38 Å². The van der Waals surface area contributed by atoms with Crippen LogP contribution in [0.1, 0.15) is 47.3 Å². The molecule has 3 rings (SSSR count). The number of rotatable bonds is 6. The smallest absolute Gasteiger partial charge is 0.348 e. The molecule has 0 atom stereocenters. The molecule has 1 aromatic heterocycles. The molecule has 1 aliphatic carbocycles. The third kappa shape index (κ3) is 4.83. The van der Waals surface area contributed by atoms with E-state index >= 15 is 0 Å². The zero-order chi connectivity index (χ0) is 17.6. The Kier molecular flexibility index (Phi) is 6.09. The van der Waals surface area contributed by atoms with Crippen LogP contribution in [0.25, 0.3) is 0 Å². The molecule has 2 aromatic rings. The van der Waals surface area contributed by atoms with E-state index in [0.717, 1.165) is 17.7 Å². The molecular weight excluding hydrogens is 358 g/mol. The van der Waals surface area contributed by atoms with Gasteiger partial charge < -0.3 is 4.74 Å². The van der Waals surface area contributed by atoms with Gasteiger partial charge in [-0.1, -0.05) is 25.3 Å². The number of non-ortho nitro benzene ring substituents is 1. The minimum Gasteiger partial charge on any atom is -0.457 e. The summed E-state index contributed by atoms with van der Waals surface area (Å²) in [6, 6.07) is 8.32. The molecule has 132 valence electrons. The van der Waals surface area contributed by atoms with E-state index in [1.165, 1.54) is 42.7 Å². The summed E-state index contributed by atoms with van der Waals surface area (Å²) in [4.78, 5) is 24.2. The number of nitrogens with zero attached hydrogens (tertiary/aromatic N) is 1. The largest absolute Gasteiger partial charge is 0.457 e. The second kappa shape index (κ2) is 8.49. The van der Waals surface area contributed by atoms with Gasteiger partial charge in [0.25, 0.3) is 5.69 Å². The Bertz CT molecular complexity index is 740. The number of ether oxygens (including phenoxy) is 1. The van der Waals surface area contributed by atoms with Crippen molar-refractivity contribution in [3.05, 3.63) is 56.3 Å². The second-order valence-corrected chi connectivity index (χ2v) is 8.27. The van der Waals surface area contributed by atoms with Crippen LogP contribution in [0.15, 0.2) is 40.6 Å². The topological polar surface area (TPSA) is 69.4 Å². The average Bonchev–Trinajstić information content (AvgIpc) is 3.16. The normalized spacial score (nSPS) is 15.0. The third-order valence-electron chi connectivity index (χ3n) is 4.18. The molecule has 1 heterocycles. The van der Waals surface area contributed by atoms with Crippen molar-refractivity contribution in [1.29, 1.82) is 0 Å². The molecule has 1 fully saturated rings. The Labute approximate surface area is 154 Å². The highest BCUT2D eigenvalue weighted by molar-refractivity contribution is 8.00. The Morgan fingerprint density at radius 3 is 2.76 bits per heavy atom. The van der Waals surface area contributed by atoms with Crippen molar-refractivity contribution in [3.63, 3.8) is 0 Å². The summed E-state index contributed by atoms with van der Waals surface area (Å²) in [6.07, 6.45) is 6.06. The molecule has 1 aromatic carbocycles. The molecular formula is C18H19NO4S2. The fourth-order valence-electron chi connectivity index (χ4n) is 2.88. The summed E-state index contributed by atoms with van der Waals surface area (Å²) in [7, 11) is 0. The van der Waals surface area contributed by atoms with E-state index < -0.39 is 10.9 Å². The van der Waals surface area contributed by atoms with Crippen molar-refractivity contribution in [1.82, 2.24) is 0 Å². The van der Waals surface area contributed by atoms with Crippen LogP contribution in [-0.2, 0) is 11.3 Å². The van der Waals surface area contributed by atoms with Gasteiger partial charge in [-0.2, -0.15) is 0 Å². The highest BCUT2D eigenvalue weighted by Gasteiger charge is 2.19. The second-order valence-electron chi connectivity index (χ2n) is 5.98. The first-order valence-corrected chi connectivity index (χ1v) is 10.0. The number of esters is 1. The number of thioether (sulfide) groups is 1. The van der Waals surface area contributed by atoms with E-state index in [-0.39, 0.29) is 12.3 Å². The molecule has 1 aliphatic rings. The van der Waals surface area contributed by atoms with Gasteiger partial charge in [0.15, 0.2) is 0 Å². The highest BCUT2D eigenvalue weighted by atomic mass is 32.2. The predicted molar refractivity (Wildman–Crippen MR) is 99.3 cm³/mol. The van der Waals surface area contributed by atoms with Crippen LogP contribution < -0.4 is 0 Å². The first-order chi connectivity index (χ1) is 12.1. The number of hydrogen-bond donors (Lipinski definition) is 0. The maximum atomic E-state index is 12.0. The Hall–Kier alpha value is -1.86. The summed E-state index contributed by atoms with van der Waals surface area (Å²) in [5.41, 5.74) is 0.727. The van der Waals surface area contributed by atoms with E-state index in [1.54, 1.807) is 30.0 Å². The van der Waals surface area contributed by atoms with Gasteiger partial charge in [0.1, 0.15) is 11.5 Å². The lowest BCUT2D eigenvalue weighted by Crippen LogP contribution is -2.09. The maximum absolute atomic E-state index is 12.0. The molecule has 25 heavy (non-hydrogen) atoms. The Balaban J connectivity index is 1.74. The molecule has 7 heteroatoms. The fraction of sp³-hybridized carbons (Fsp3) is 0.389. The van der Waals surface area contributed by atoms with E-state index in [4.69, 9.17) is 4.74 Å². The van der Waals surface area contributed by atoms with Crippen LogP contribution in [0.5, 0.6) is 0 Å². The molecule has 0 N–H and O–H groups in total. The van der Waals surface area contributed by atoms with Crippen LogP contribution in [0.3, 0.4) is 0 Å². The van der Waals surface area contributed by atoms with Gasteiger partial charge in [0.05, 0.1) is 4.92 Å². The molecule has 0 saturated heterocycles. The summed E-state index contributed by atoms with van der Waals surface area (Å²) in [6.45, 7) is 0.0491. The monoisotopic (exact) mass is 377 g/mol. The van der Waals surface area contributed by atoms with Crippen molar-refractivity contribution < 1.29 is 14.5 Å². The molecule has 0 unspecified atom stereocenters. The van der Waals surface area contributed by atoms with Crippen LogP contribution in [0.2, 0.25) is 0 Å². The number of carbonyl (C=O) groups is 1. The molecule has 5 nitrogen and oxygen atoms in total. The number of thiophene rings is 1. The van der Waals surface area contributed by atoms with Crippen LogP contribution in [0, 0.1) is 10.1 Å². The van der Waals surface area contributed by atoms with Gasteiger partial charge in [-0.05, 0) is 30.4 Å². The molecule has 0 bridgehead atoms. The lowest BCUT2D eigenvalue weighted by Gasteiger charge is -2.22. The first-order valence-electron chi connectivity index (χ1n) is 8.28. The van der Waals surface area contributed by atoms with Gasteiger partial charge in [-0.3, -0.25) is 10.1 Å². The van der Waals surface area contributed by atoms with Crippen molar-refractivity contribution in [2.24, 2.45) is 0 Å². The number of hydrogen-bond acceptors (Lipinski definition) is 6. The molecule has 0 aliphatic heterocycles. The van der Waals surface area contributed by atoms with Crippen LogP contribution >= 0.6 is 23.1 Å². The van der Waals surface area contributed by atoms with Crippen LogP contribution in [0.4, 0.5) is 5.69 Å². The van der Waals surface area contributed by atoms with E-state index in [0.29, 0.717) is 15.7 Å². The van der Waals surface area contributed by atoms with Crippen molar-refractivity contribution >= 4 is 34.8 Å². The first kappa shape index (κ1) is 17.9. The third-order valence-corrected chi connectivity index (χ3v) is 6.49. The predicted octanol–water partition coefficient (Wildman–Crippen LogP) is 5.44. The average molecular weight is 377 g/mol. The molecule has 0 radical (unpaired) electrons. The summed E-state index contributed by atoms with van der Waals surface area (Å²) in [5.74, 6) is -0.393. The van der Waals surface area contributed by atoms with Gasteiger partial charge in [0, 0.05) is 27.8 Å². The number of carbonyl (C=O) groups excluding carboxylic acids is 1. The van der Waals surface area contributed by atoms with E-state index in [2.05, 4.69) is 0 Å². The zero-order valence-electron chi connectivity index (χ0n) is 13.7. The number of nitro benzene ring substituents is 1. The lowest BCUT2D eigenvalue weighted by atomic mass is 10.0. The fourth-order valence-corrected chi connectivity index (χ4v) is 4.84. The minimum absolute atomic E-state index is 0.0233. The van der Waals surface area contributed by atoms with Gasteiger partial charge in [-0.25, -0.2) is 4.79 Å². The maximum Gasteiger partial charge on any atom is 0.348 e. The number of benzene rings is 1. The standard InChI is InChI=1S/C18H19NO4S2/c20-18(17-7-4-10-24-17)23-12-13-11-14(19(21)22)8-9-16(13)25-15-5-2-1-3-6-15/h4,7-11,15H,1-3,5-6,12H2. The zero-order valence-corrected chi connectivity index (χ0v) is 15.3. The molecule has 1 saturated carbocycles. The van der Waals surface area contributed by atoms with Gasteiger partial charge in [0.2, 0.25) is 0 Å². The molecule has 0 spiro atoms. The van der Waals surface area contributed by atoms with Crippen molar-refractivity contribution in [3.8, 4) is 0 Å². The van der Waals surface area contributed by atoms with Gasteiger partial charge in [-0.15, -0.1) is 23.1 Å². The van der Waals surface area contributed by atoms with Gasteiger partial charge >= 0.3 is 5.97 Å². The molecule has 0 amide bonds. The summed E-state index contributed by atoms with van der Waals surface area (Å²) >= 11 is 3.07.